The Bertz CT molecular complexity index is 1890. The van der Waals surface area contributed by atoms with Crippen molar-refractivity contribution in [1.82, 2.24) is 20.1 Å². The third kappa shape index (κ3) is 9.81. The van der Waals surface area contributed by atoms with Crippen LogP contribution in [0.3, 0.4) is 0 Å². The van der Waals surface area contributed by atoms with E-state index in [-0.39, 0.29) is 42.3 Å². The molecule has 2 aromatic carbocycles. The third-order valence-electron chi connectivity index (χ3n) is 10.8. The van der Waals surface area contributed by atoms with Crippen LogP contribution in [-0.2, 0) is 27.4 Å². The van der Waals surface area contributed by atoms with Gasteiger partial charge in [-0.1, -0.05) is 53.0 Å². The van der Waals surface area contributed by atoms with E-state index >= 15 is 0 Å². The molecule has 2 aliphatic carbocycles. The van der Waals surface area contributed by atoms with E-state index in [0.717, 1.165) is 66.7 Å². The molecule has 0 radical (unpaired) electrons. The summed E-state index contributed by atoms with van der Waals surface area (Å²) in [5, 5.41) is 4.60. The van der Waals surface area contributed by atoms with Gasteiger partial charge in [-0.2, -0.15) is 0 Å². The minimum absolute atomic E-state index is 0.0127. The summed E-state index contributed by atoms with van der Waals surface area (Å²) in [6.45, 7) is 10.3. The van der Waals surface area contributed by atoms with Gasteiger partial charge in [0.1, 0.15) is 17.5 Å². The average Bonchev–Trinajstić information content (AvgIpc) is 4.09. The number of likely N-dealkylation sites (tertiary alicyclic amines) is 1. The van der Waals surface area contributed by atoms with E-state index in [1.165, 1.54) is 0 Å². The summed E-state index contributed by atoms with van der Waals surface area (Å²) in [4.78, 5) is 51.2. The van der Waals surface area contributed by atoms with E-state index in [4.69, 9.17) is 49.3 Å². The third-order valence-corrected chi connectivity index (χ3v) is 11.7. The van der Waals surface area contributed by atoms with Crippen LogP contribution in [0.5, 0.6) is 5.75 Å². The summed E-state index contributed by atoms with van der Waals surface area (Å²) >= 11 is 19.7. The SMILES string of the molecule is Cc1cc(Cl)c(O[C@H]2CCN(c3ccc(C4CCN(C(=O)OC(C)(C)C)CC4C(=O)N(Cc4cc(CNC(=O)C5CC5)ccc4Cl)C4CC4)cn3)C2)c(Cl)c1. The standard InChI is InChI=1S/C42H50Cl3N5O5/c1-25-17-35(44)38(36(45)18-25)54-31-13-15-48(23-31)37-12-8-28(21-46-37)32-14-16-49(41(53)55-42(2,3)4)24-33(32)40(52)50(30-9-10-30)22-29-19-26(5-11-34(29)43)20-47-39(51)27-6-7-27/h5,8,11-12,17-19,21,27,30-33H,6-7,9-10,13-16,20,22-24H2,1-4H3,(H,47,51)/t31-,32?,33?/m0/s1. The number of carbonyl (C=O) groups is 3. The zero-order valence-corrected chi connectivity index (χ0v) is 34.2. The molecule has 2 aliphatic heterocycles. The van der Waals surface area contributed by atoms with Crippen molar-refractivity contribution in [3.05, 3.63) is 86.0 Å². The van der Waals surface area contributed by atoms with Crippen molar-refractivity contribution in [3.63, 3.8) is 0 Å². The fourth-order valence-corrected chi connectivity index (χ4v) is 8.47. The molecule has 0 bridgehead atoms. The summed E-state index contributed by atoms with van der Waals surface area (Å²) in [5.74, 6) is 0.858. The normalized spacial score (nSPS) is 21.3. The smallest absolute Gasteiger partial charge is 0.410 e. The van der Waals surface area contributed by atoms with Gasteiger partial charge in [-0.3, -0.25) is 9.59 Å². The van der Waals surface area contributed by atoms with Crippen molar-refractivity contribution in [2.45, 2.75) is 103 Å². The van der Waals surface area contributed by atoms with Crippen molar-refractivity contribution in [1.29, 1.82) is 0 Å². The minimum atomic E-state index is -0.661. The zero-order chi connectivity index (χ0) is 39.0. The number of amides is 3. The highest BCUT2D eigenvalue weighted by Gasteiger charge is 2.44. The van der Waals surface area contributed by atoms with E-state index in [2.05, 4.69) is 16.3 Å². The number of pyridine rings is 1. The van der Waals surface area contributed by atoms with Crippen molar-refractivity contribution in [2.75, 3.05) is 31.1 Å². The second-order valence-corrected chi connectivity index (χ2v) is 17.7. The molecule has 2 saturated heterocycles. The number of rotatable bonds is 11. The van der Waals surface area contributed by atoms with Crippen LogP contribution in [0.4, 0.5) is 10.6 Å². The molecule has 4 aliphatic rings. The summed E-state index contributed by atoms with van der Waals surface area (Å²) in [6, 6.07) is 13.6. The minimum Gasteiger partial charge on any atom is -0.485 e. The van der Waals surface area contributed by atoms with Gasteiger partial charge in [0, 0.05) is 68.2 Å². The van der Waals surface area contributed by atoms with Crippen molar-refractivity contribution in [3.8, 4) is 5.75 Å². The molecule has 294 valence electrons. The fraction of sp³-hybridized carbons (Fsp3) is 0.524. The summed E-state index contributed by atoms with van der Waals surface area (Å²) < 4.78 is 12.0. The van der Waals surface area contributed by atoms with Crippen LogP contribution in [0.1, 0.15) is 87.5 Å². The molecule has 10 nitrogen and oxygen atoms in total. The number of aromatic nitrogens is 1. The first-order valence-corrected chi connectivity index (χ1v) is 20.5. The topological polar surface area (TPSA) is 104 Å². The van der Waals surface area contributed by atoms with Crippen LogP contribution in [0.2, 0.25) is 15.1 Å². The molecule has 3 atom stereocenters. The van der Waals surface area contributed by atoms with Gasteiger partial charge < -0.3 is 29.5 Å². The largest absolute Gasteiger partial charge is 0.485 e. The first kappa shape index (κ1) is 39.5. The second kappa shape index (κ2) is 16.4. The Morgan fingerprint density at radius 2 is 1.65 bits per heavy atom. The molecular formula is C42H50Cl3N5O5. The van der Waals surface area contributed by atoms with Gasteiger partial charge in [0.25, 0.3) is 0 Å². The molecule has 4 fully saturated rings. The Morgan fingerprint density at radius 3 is 2.31 bits per heavy atom. The van der Waals surface area contributed by atoms with E-state index in [0.29, 0.717) is 53.4 Å². The van der Waals surface area contributed by atoms with Crippen molar-refractivity contribution < 1.29 is 23.9 Å². The van der Waals surface area contributed by atoms with Crippen LogP contribution >= 0.6 is 34.8 Å². The molecule has 7 rings (SSSR count). The molecule has 13 heteroatoms. The average molecular weight is 811 g/mol. The van der Waals surface area contributed by atoms with Crippen molar-refractivity contribution >= 4 is 58.5 Å². The number of ether oxygens (including phenoxy) is 2. The predicted octanol–water partition coefficient (Wildman–Crippen LogP) is 8.57. The molecule has 3 amide bonds. The van der Waals surface area contributed by atoms with E-state index in [9.17, 15) is 14.4 Å². The Hall–Kier alpha value is -3.73. The zero-order valence-electron chi connectivity index (χ0n) is 32.0. The Balaban J connectivity index is 1.08. The van der Waals surface area contributed by atoms with E-state index in [1.54, 1.807) is 4.90 Å². The first-order chi connectivity index (χ1) is 26.2. The number of nitrogens with zero attached hydrogens (tertiary/aromatic N) is 4. The summed E-state index contributed by atoms with van der Waals surface area (Å²) in [7, 11) is 0. The Morgan fingerprint density at radius 1 is 0.909 bits per heavy atom. The van der Waals surface area contributed by atoms with Crippen LogP contribution in [0, 0.1) is 18.8 Å². The molecular weight excluding hydrogens is 761 g/mol. The Labute approximate surface area is 338 Å². The highest BCUT2D eigenvalue weighted by atomic mass is 35.5. The maximum absolute atomic E-state index is 14.8. The first-order valence-electron chi connectivity index (χ1n) is 19.4. The maximum atomic E-state index is 14.8. The van der Waals surface area contributed by atoms with Gasteiger partial charge >= 0.3 is 6.09 Å². The van der Waals surface area contributed by atoms with Crippen LogP contribution in [0.25, 0.3) is 0 Å². The van der Waals surface area contributed by atoms with Gasteiger partial charge in [0.05, 0.1) is 22.5 Å². The molecule has 3 aromatic rings. The summed E-state index contributed by atoms with van der Waals surface area (Å²) in [5.41, 5.74) is 3.04. The Kier molecular flexibility index (Phi) is 11.8. The van der Waals surface area contributed by atoms with E-state index < -0.39 is 17.6 Å². The number of halogens is 3. The lowest BCUT2D eigenvalue weighted by Gasteiger charge is -2.40. The quantitative estimate of drug-likeness (QED) is 0.207. The molecule has 3 heterocycles. The number of nitrogens with one attached hydrogen (secondary N) is 1. The monoisotopic (exact) mass is 809 g/mol. The molecule has 1 aromatic heterocycles. The van der Waals surface area contributed by atoms with Crippen LogP contribution < -0.4 is 15.0 Å². The van der Waals surface area contributed by atoms with Gasteiger partial charge in [0.2, 0.25) is 11.8 Å². The molecule has 2 saturated carbocycles. The highest BCUT2D eigenvalue weighted by molar-refractivity contribution is 6.37. The van der Waals surface area contributed by atoms with Gasteiger partial charge in [0.15, 0.2) is 5.75 Å². The molecule has 1 N–H and O–H groups in total. The van der Waals surface area contributed by atoms with Crippen molar-refractivity contribution in [2.24, 2.45) is 11.8 Å². The molecule has 0 spiro atoms. The maximum Gasteiger partial charge on any atom is 0.410 e. The lowest BCUT2D eigenvalue weighted by molar-refractivity contribution is -0.139. The lowest BCUT2D eigenvalue weighted by atomic mass is 9.80. The second-order valence-electron chi connectivity index (χ2n) is 16.5. The summed E-state index contributed by atoms with van der Waals surface area (Å²) in [6.07, 6.45) is 6.45. The number of hydrogen-bond acceptors (Lipinski definition) is 7. The lowest BCUT2D eigenvalue weighted by Crippen LogP contribution is -2.51. The van der Waals surface area contributed by atoms with Crippen LogP contribution in [0.15, 0.2) is 48.7 Å². The van der Waals surface area contributed by atoms with Gasteiger partial charge in [-0.05, 0) is 106 Å². The number of anilines is 1. The van der Waals surface area contributed by atoms with Gasteiger partial charge in [-0.25, -0.2) is 9.78 Å². The van der Waals surface area contributed by atoms with Crippen LogP contribution in [-0.4, -0.2) is 76.6 Å². The number of carbonyl (C=O) groups excluding carboxylic acids is 3. The number of aryl methyl sites for hydroxylation is 1. The number of piperidine rings is 1. The number of hydrogen-bond donors (Lipinski definition) is 1. The predicted molar refractivity (Wildman–Crippen MR) is 215 cm³/mol. The fourth-order valence-electron chi connectivity index (χ4n) is 7.60. The number of benzene rings is 2. The van der Waals surface area contributed by atoms with Gasteiger partial charge in [-0.15, -0.1) is 0 Å². The molecule has 2 unspecified atom stereocenters. The molecule has 55 heavy (non-hydrogen) atoms. The van der Waals surface area contributed by atoms with E-state index in [1.807, 2.05) is 75.2 Å². The highest BCUT2D eigenvalue weighted by Crippen LogP contribution is 2.40.